The molecule has 1 heterocycles. The van der Waals surface area contributed by atoms with Gasteiger partial charge in [0, 0.05) is 25.1 Å². The Balaban J connectivity index is 1.65. The van der Waals surface area contributed by atoms with Gasteiger partial charge in [-0.25, -0.2) is 8.78 Å². The number of nitrogens with zero attached hydrogens (tertiary/aromatic N) is 1. The summed E-state index contributed by atoms with van der Waals surface area (Å²) in [6.07, 6.45) is 0.999. The van der Waals surface area contributed by atoms with Gasteiger partial charge in [0.15, 0.2) is 0 Å². The fourth-order valence-corrected chi connectivity index (χ4v) is 3.01. The number of carboxylic acids is 1. The normalized spacial score (nSPS) is 27.7. The summed E-state index contributed by atoms with van der Waals surface area (Å²) in [5.41, 5.74) is 0.365. The van der Waals surface area contributed by atoms with Gasteiger partial charge in [-0.2, -0.15) is 0 Å². The highest BCUT2D eigenvalue weighted by molar-refractivity contribution is 5.84. The van der Waals surface area contributed by atoms with Gasteiger partial charge >= 0.3 is 5.97 Å². The van der Waals surface area contributed by atoms with Crippen LogP contribution in [0.4, 0.5) is 8.78 Å². The maximum absolute atomic E-state index is 13.7. The lowest BCUT2D eigenvalue weighted by Gasteiger charge is -2.15. The molecular weight excluding hydrogens is 280 g/mol. The number of amides is 1. The van der Waals surface area contributed by atoms with Gasteiger partial charge in [0.2, 0.25) is 5.91 Å². The van der Waals surface area contributed by atoms with Crippen LogP contribution in [0.1, 0.15) is 24.3 Å². The molecule has 21 heavy (non-hydrogen) atoms. The fourth-order valence-electron chi connectivity index (χ4n) is 3.01. The Morgan fingerprint density at radius 3 is 2.67 bits per heavy atom. The molecule has 1 aliphatic carbocycles. The van der Waals surface area contributed by atoms with Crippen molar-refractivity contribution in [3.05, 3.63) is 35.4 Å². The van der Waals surface area contributed by atoms with Gasteiger partial charge in [-0.1, -0.05) is 6.07 Å². The second kappa shape index (κ2) is 5.09. The van der Waals surface area contributed by atoms with E-state index >= 15 is 0 Å². The maximum atomic E-state index is 13.7. The molecule has 0 unspecified atom stereocenters. The lowest BCUT2D eigenvalue weighted by molar-refractivity contribution is -0.141. The first kappa shape index (κ1) is 14.0. The van der Waals surface area contributed by atoms with Crippen molar-refractivity contribution in [3.8, 4) is 0 Å². The van der Waals surface area contributed by atoms with Crippen LogP contribution < -0.4 is 0 Å². The Labute approximate surface area is 120 Å². The standard InChI is InChI=1S/C15H15F2NO3/c16-9-1-2-10(13(17)5-9)11-6-12(11)14(19)18-4-3-8(7-18)15(20)21/h1-2,5,8,11-12H,3-4,6-7H2,(H,20,21)/t8-,11+,12+/m1/s1. The van der Waals surface area contributed by atoms with E-state index in [1.165, 1.54) is 12.1 Å². The summed E-state index contributed by atoms with van der Waals surface area (Å²) in [7, 11) is 0. The fraction of sp³-hybridized carbons (Fsp3) is 0.467. The molecule has 0 bridgehead atoms. The van der Waals surface area contributed by atoms with Crippen molar-refractivity contribution in [2.24, 2.45) is 11.8 Å². The minimum absolute atomic E-state index is 0.118. The molecule has 1 N–H and O–H groups in total. The van der Waals surface area contributed by atoms with E-state index < -0.39 is 23.5 Å². The second-order valence-corrected chi connectivity index (χ2v) is 5.72. The van der Waals surface area contributed by atoms with Crippen LogP contribution in [0.2, 0.25) is 0 Å². The zero-order chi connectivity index (χ0) is 15.1. The third kappa shape index (κ3) is 2.62. The molecule has 0 radical (unpaired) electrons. The molecular formula is C15H15F2NO3. The van der Waals surface area contributed by atoms with Gasteiger partial charge in [-0.15, -0.1) is 0 Å². The zero-order valence-electron chi connectivity index (χ0n) is 11.3. The number of carbonyl (C=O) groups is 2. The molecule has 1 amide bonds. The molecule has 3 rings (SSSR count). The Kier molecular flexibility index (Phi) is 3.39. The lowest BCUT2D eigenvalue weighted by Crippen LogP contribution is -2.31. The van der Waals surface area contributed by atoms with Gasteiger partial charge in [0.05, 0.1) is 5.92 Å². The van der Waals surface area contributed by atoms with Gasteiger partial charge in [-0.05, 0) is 30.4 Å². The Hall–Kier alpha value is -1.98. The topological polar surface area (TPSA) is 57.6 Å². The third-order valence-corrected chi connectivity index (χ3v) is 4.32. The quantitative estimate of drug-likeness (QED) is 0.928. The number of aliphatic carboxylic acids is 1. The van der Waals surface area contributed by atoms with E-state index in [1.807, 2.05) is 0 Å². The molecule has 0 aromatic heterocycles. The summed E-state index contributed by atoms with van der Waals surface area (Å²) < 4.78 is 26.6. The summed E-state index contributed by atoms with van der Waals surface area (Å²) >= 11 is 0. The largest absolute Gasteiger partial charge is 0.481 e. The lowest BCUT2D eigenvalue weighted by atomic mass is 10.1. The number of carboxylic acid groups (broad SMARTS) is 1. The van der Waals surface area contributed by atoms with Gasteiger partial charge in [0.1, 0.15) is 11.6 Å². The smallest absolute Gasteiger partial charge is 0.308 e. The van der Waals surface area contributed by atoms with Crippen molar-refractivity contribution in [2.75, 3.05) is 13.1 Å². The highest BCUT2D eigenvalue weighted by Crippen LogP contribution is 2.49. The van der Waals surface area contributed by atoms with Gasteiger partial charge in [0.25, 0.3) is 0 Å². The first-order valence-corrected chi connectivity index (χ1v) is 6.94. The van der Waals surface area contributed by atoms with E-state index in [2.05, 4.69) is 0 Å². The third-order valence-electron chi connectivity index (χ3n) is 4.32. The van der Waals surface area contributed by atoms with Crippen molar-refractivity contribution >= 4 is 11.9 Å². The highest BCUT2D eigenvalue weighted by Gasteiger charge is 2.48. The summed E-state index contributed by atoms with van der Waals surface area (Å²) in [4.78, 5) is 24.7. The zero-order valence-corrected chi connectivity index (χ0v) is 11.3. The summed E-state index contributed by atoms with van der Waals surface area (Å²) in [6, 6.07) is 3.40. The highest BCUT2D eigenvalue weighted by atomic mass is 19.1. The summed E-state index contributed by atoms with van der Waals surface area (Å²) in [5, 5.41) is 8.94. The van der Waals surface area contributed by atoms with E-state index in [1.54, 1.807) is 4.90 Å². The maximum Gasteiger partial charge on any atom is 0.308 e. The van der Waals surface area contributed by atoms with Crippen LogP contribution in [0, 0.1) is 23.5 Å². The monoisotopic (exact) mass is 295 g/mol. The molecule has 6 heteroatoms. The first-order chi connectivity index (χ1) is 9.97. The predicted octanol–water partition coefficient (Wildman–Crippen LogP) is 2.00. The number of carbonyl (C=O) groups excluding carboxylic acids is 1. The number of halogens is 2. The minimum Gasteiger partial charge on any atom is -0.481 e. The van der Waals surface area contributed by atoms with E-state index in [9.17, 15) is 18.4 Å². The molecule has 1 saturated heterocycles. The number of rotatable bonds is 3. The van der Waals surface area contributed by atoms with Crippen LogP contribution in [0.3, 0.4) is 0 Å². The Morgan fingerprint density at radius 2 is 2.05 bits per heavy atom. The summed E-state index contributed by atoms with van der Waals surface area (Å²) in [6.45, 7) is 0.661. The molecule has 1 saturated carbocycles. The number of hydrogen-bond donors (Lipinski definition) is 1. The van der Waals surface area contributed by atoms with Gasteiger partial charge in [-0.3, -0.25) is 9.59 Å². The van der Waals surface area contributed by atoms with E-state index in [0.29, 0.717) is 24.9 Å². The molecule has 0 spiro atoms. The first-order valence-electron chi connectivity index (χ1n) is 6.94. The van der Waals surface area contributed by atoms with Crippen LogP contribution in [-0.2, 0) is 9.59 Å². The number of likely N-dealkylation sites (tertiary alicyclic amines) is 1. The minimum atomic E-state index is -0.887. The molecule has 4 nitrogen and oxygen atoms in total. The van der Waals surface area contributed by atoms with Gasteiger partial charge < -0.3 is 10.0 Å². The molecule has 112 valence electrons. The van der Waals surface area contributed by atoms with Crippen molar-refractivity contribution in [1.29, 1.82) is 0 Å². The Morgan fingerprint density at radius 1 is 1.29 bits per heavy atom. The Bertz CT molecular complexity index is 605. The molecule has 2 aliphatic rings. The van der Waals surface area contributed by atoms with Crippen molar-refractivity contribution in [1.82, 2.24) is 4.90 Å². The predicted molar refractivity (Wildman–Crippen MR) is 69.5 cm³/mol. The van der Waals surface area contributed by atoms with Crippen molar-refractivity contribution in [3.63, 3.8) is 0 Å². The van der Waals surface area contributed by atoms with Crippen LogP contribution in [0.15, 0.2) is 18.2 Å². The van der Waals surface area contributed by atoms with E-state index in [-0.39, 0.29) is 24.3 Å². The molecule has 1 aromatic rings. The van der Waals surface area contributed by atoms with Crippen molar-refractivity contribution < 1.29 is 23.5 Å². The molecule has 1 aliphatic heterocycles. The van der Waals surface area contributed by atoms with Crippen molar-refractivity contribution in [2.45, 2.75) is 18.8 Å². The van der Waals surface area contributed by atoms with Crippen LogP contribution in [0.25, 0.3) is 0 Å². The molecule has 3 atom stereocenters. The number of benzene rings is 1. The SMILES string of the molecule is O=C(O)[C@@H]1CCN(C(=O)[C@H]2C[C@H]2c2ccc(F)cc2F)C1. The summed E-state index contributed by atoms with van der Waals surface area (Å²) in [5.74, 6) is -3.30. The van der Waals surface area contributed by atoms with E-state index in [4.69, 9.17) is 5.11 Å². The van der Waals surface area contributed by atoms with E-state index in [0.717, 1.165) is 6.07 Å². The second-order valence-electron chi connectivity index (χ2n) is 5.72. The molecule has 2 fully saturated rings. The van der Waals surface area contributed by atoms with Crippen LogP contribution in [0.5, 0.6) is 0 Å². The van der Waals surface area contributed by atoms with Crippen LogP contribution in [-0.4, -0.2) is 35.0 Å². The average molecular weight is 295 g/mol. The number of hydrogen-bond acceptors (Lipinski definition) is 2. The molecule has 1 aromatic carbocycles. The average Bonchev–Trinajstić information content (AvgIpc) is 3.04. The van der Waals surface area contributed by atoms with Crippen LogP contribution >= 0.6 is 0 Å².